The van der Waals surface area contributed by atoms with Gasteiger partial charge in [-0.3, -0.25) is 14.5 Å². The Balaban J connectivity index is 1.86. The maximum Gasteiger partial charge on any atom is 0.180 e. The number of nitrogens with two attached hydrogens (primary N) is 1. The zero-order chi connectivity index (χ0) is 16.0. The molecule has 0 saturated carbocycles. The topological polar surface area (TPSA) is 104 Å². The number of aromatic nitrogens is 5. The SMILES string of the molecule is Cn1cc(-c2cn(-c3nccc4c3N=CCC4=O)nc2N)cn1. The van der Waals surface area contributed by atoms with E-state index in [9.17, 15) is 4.79 Å². The highest BCUT2D eigenvalue weighted by atomic mass is 16.1. The fraction of sp³-hybridized carbons (Fsp3) is 0.133. The lowest BCUT2D eigenvalue weighted by atomic mass is 10.1. The van der Waals surface area contributed by atoms with E-state index in [2.05, 4.69) is 20.2 Å². The molecule has 1 aliphatic heterocycles. The van der Waals surface area contributed by atoms with E-state index in [-0.39, 0.29) is 5.78 Å². The number of nitrogen functional groups attached to an aromatic ring is 1. The molecule has 4 heterocycles. The van der Waals surface area contributed by atoms with Crippen molar-refractivity contribution in [1.29, 1.82) is 0 Å². The summed E-state index contributed by atoms with van der Waals surface area (Å²) in [4.78, 5) is 20.6. The van der Waals surface area contributed by atoms with Crippen molar-refractivity contribution in [3.05, 3.63) is 36.4 Å². The van der Waals surface area contributed by atoms with Crippen LogP contribution in [0.3, 0.4) is 0 Å². The van der Waals surface area contributed by atoms with Gasteiger partial charge in [0.15, 0.2) is 17.4 Å². The third-order valence-corrected chi connectivity index (χ3v) is 3.68. The molecular formula is C15H13N7O. The van der Waals surface area contributed by atoms with Crippen molar-refractivity contribution in [2.45, 2.75) is 6.42 Å². The van der Waals surface area contributed by atoms with Crippen molar-refractivity contribution in [1.82, 2.24) is 24.5 Å². The van der Waals surface area contributed by atoms with Crippen molar-refractivity contribution in [3.8, 4) is 16.9 Å². The number of hydrogen-bond donors (Lipinski definition) is 1. The van der Waals surface area contributed by atoms with Gasteiger partial charge in [0.05, 0.1) is 6.20 Å². The molecule has 4 rings (SSSR count). The van der Waals surface area contributed by atoms with Crippen LogP contribution in [0.5, 0.6) is 0 Å². The Morgan fingerprint density at radius 3 is 2.91 bits per heavy atom. The number of nitrogens with zero attached hydrogens (tertiary/aromatic N) is 6. The third kappa shape index (κ3) is 2.11. The van der Waals surface area contributed by atoms with Crippen molar-refractivity contribution >= 4 is 23.5 Å². The first-order valence-electron chi connectivity index (χ1n) is 7.03. The second kappa shape index (κ2) is 4.87. The molecule has 2 N–H and O–H groups in total. The quantitative estimate of drug-likeness (QED) is 0.773. The minimum absolute atomic E-state index is 0.0197. The molecule has 0 unspecified atom stereocenters. The molecule has 0 bridgehead atoms. The third-order valence-electron chi connectivity index (χ3n) is 3.68. The number of aliphatic imine (C=N–C) groups is 1. The van der Waals surface area contributed by atoms with Crippen LogP contribution in [0.4, 0.5) is 11.5 Å². The minimum atomic E-state index is 0.0197. The van der Waals surface area contributed by atoms with E-state index >= 15 is 0 Å². The molecular weight excluding hydrogens is 294 g/mol. The second-order valence-corrected chi connectivity index (χ2v) is 5.24. The van der Waals surface area contributed by atoms with Gasteiger partial charge in [-0.1, -0.05) is 0 Å². The lowest BCUT2D eigenvalue weighted by Crippen LogP contribution is -2.09. The molecule has 0 spiro atoms. The zero-order valence-corrected chi connectivity index (χ0v) is 12.3. The Kier molecular flexibility index (Phi) is 2.83. The van der Waals surface area contributed by atoms with Crippen LogP contribution in [0.25, 0.3) is 16.9 Å². The molecule has 0 fully saturated rings. The Labute approximate surface area is 131 Å². The van der Waals surface area contributed by atoms with Crippen LogP contribution in [0.1, 0.15) is 16.8 Å². The largest absolute Gasteiger partial charge is 0.382 e. The summed E-state index contributed by atoms with van der Waals surface area (Å²) in [6, 6.07) is 1.67. The first kappa shape index (κ1) is 13.4. The van der Waals surface area contributed by atoms with Crippen molar-refractivity contribution in [3.63, 3.8) is 0 Å². The lowest BCUT2D eigenvalue weighted by molar-refractivity contribution is 0.100. The zero-order valence-electron chi connectivity index (χ0n) is 12.3. The number of ketones is 1. The standard InChI is InChI=1S/C15H13N7O/c1-21-7-9(6-19-21)11-8-22(20-14(11)16)15-13-10(2-4-18-15)12(23)3-5-17-13/h2,4-8H,3H2,1H3,(H2,16,20). The highest BCUT2D eigenvalue weighted by Gasteiger charge is 2.21. The van der Waals surface area contributed by atoms with E-state index in [1.807, 2.05) is 13.2 Å². The summed E-state index contributed by atoms with van der Waals surface area (Å²) in [5.41, 5.74) is 8.70. The Hall–Kier alpha value is -3.29. The van der Waals surface area contributed by atoms with Crippen LogP contribution < -0.4 is 5.73 Å². The maximum atomic E-state index is 12.0. The van der Waals surface area contributed by atoms with Crippen molar-refractivity contribution in [2.75, 3.05) is 5.73 Å². The predicted molar refractivity (Wildman–Crippen MR) is 85.1 cm³/mol. The van der Waals surface area contributed by atoms with E-state index in [1.165, 1.54) is 0 Å². The normalized spacial score (nSPS) is 13.3. The van der Waals surface area contributed by atoms with E-state index in [4.69, 9.17) is 5.73 Å². The lowest BCUT2D eigenvalue weighted by Gasteiger charge is -2.11. The molecule has 8 nitrogen and oxygen atoms in total. The van der Waals surface area contributed by atoms with Crippen molar-refractivity contribution < 1.29 is 4.79 Å². The highest BCUT2D eigenvalue weighted by molar-refractivity contribution is 6.10. The molecule has 3 aromatic heterocycles. The first-order valence-corrected chi connectivity index (χ1v) is 7.03. The number of rotatable bonds is 2. The van der Waals surface area contributed by atoms with Gasteiger partial charge < -0.3 is 5.73 Å². The Bertz CT molecular complexity index is 951. The summed E-state index contributed by atoms with van der Waals surface area (Å²) in [5.74, 6) is 0.864. The van der Waals surface area contributed by atoms with Crippen molar-refractivity contribution in [2.24, 2.45) is 12.0 Å². The summed E-state index contributed by atoms with van der Waals surface area (Å²) in [5, 5.41) is 8.45. The second-order valence-electron chi connectivity index (χ2n) is 5.24. The molecule has 23 heavy (non-hydrogen) atoms. The molecule has 0 radical (unpaired) electrons. The monoisotopic (exact) mass is 307 g/mol. The fourth-order valence-electron chi connectivity index (χ4n) is 2.57. The predicted octanol–water partition coefficient (Wildman–Crippen LogP) is 1.54. The van der Waals surface area contributed by atoms with Gasteiger partial charge >= 0.3 is 0 Å². The minimum Gasteiger partial charge on any atom is -0.382 e. The molecule has 0 saturated heterocycles. The Morgan fingerprint density at radius 2 is 2.13 bits per heavy atom. The Morgan fingerprint density at radius 1 is 1.26 bits per heavy atom. The van der Waals surface area contributed by atoms with Gasteiger partial charge in [0.1, 0.15) is 5.69 Å². The number of aryl methyl sites for hydroxylation is 1. The number of carbonyl (C=O) groups excluding carboxylic acids is 1. The van der Waals surface area contributed by atoms with Gasteiger partial charge in [-0.05, 0) is 6.07 Å². The fourth-order valence-corrected chi connectivity index (χ4v) is 2.57. The molecule has 0 amide bonds. The molecule has 114 valence electrons. The molecule has 0 aromatic carbocycles. The molecule has 3 aromatic rings. The summed E-state index contributed by atoms with van der Waals surface area (Å²) >= 11 is 0. The van der Waals surface area contributed by atoms with E-state index in [0.717, 1.165) is 11.1 Å². The number of hydrogen-bond acceptors (Lipinski definition) is 6. The van der Waals surface area contributed by atoms with E-state index < -0.39 is 0 Å². The summed E-state index contributed by atoms with van der Waals surface area (Å²) in [7, 11) is 1.83. The highest BCUT2D eigenvalue weighted by Crippen LogP contribution is 2.31. The number of Topliss-reactive ketones (excluding diaryl/α,β-unsaturated/α-hetero) is 1. The van der Waals surface area contributed by atoms with Crippen LogP contribution in [0, 0.1) is 0 Å². The van der Waals surface area contributed by atoms with Crippen LogP contribution >= 0.6 is 0 Å². The van der Waals surface area contributed by atoms with E-state index in [0.29, 0.717) is 29.3 Å². The summed E-state index contributed by atoms with van der Waals surface area (Å²) in [6.07, 6.45) is 8.81. The number of carbonyl (C=O) groups is 1. The number of pyridine rings is 1. The van der Waals surface area contributed by atoms with Gasteiger partial charge in [-0.25, -0.2) is 9.67 Å². The van der Waals surface area contributed by atoms with E-state index in [1.54, 1.807) is 40.2 Å². The first-order chi connectivity index (χ1) is 11.1. The molecule has 1 aliphatic rings. The molecule has 8 heteroatoms. The van der Waals surface area contributed by atoms with Gasteiger partial charge in [-0.15, -0.1) is 5.10 Å². The van der Waals surface area contributed by atoms with Gasteiger partial charge in [0.25, 0.3) is 0 Å². The maximum absolute atomic E-state index is 12.0. The van der Waals surface area contributed by atoms with Crippen LogP contribution in [-0.4, -0.2) is 36.5 Å². The van der Waals surface area contributed by atoms with Crippen LogP contribution in [0.2, 0.25) is 0 Å². The molecule has 0 atom stereocenters. The van der Waals surface area contributed by atoms with Crippen LogP contribution in [-0.2, 0) is 7.05 Å². The smallest absolute Gasteiger partial charge is 0.180 e. The number of anilines is 1. The van der Waals surface area contributed by atoms with Crippen LogP contribution in [0.15, 0.2) is 35.8 Å². The average Bonchev–Trinajstić information content (AvgIpc) is 3.13. The summed E-state index contributed by atoms with van der Waals surface area (Å²) in [6.45, 7) is 0. The van der Waals surface area contributed by atoms with Gasteiger partial charge in [0.2, 0.25) is 0 Å². The molecule has 0 aliphatic carbocycles. The summed E-state index contributed by atoms with van der Waals surface area (Å²) < 4.78 is 3.24. The number of fused-ring (bicyclic) bond motifs is 1. The van der Waals surface area contributed by atoms with Gasteiger partial charge in [-0.2, -0.15) is 5.10 Å². The van der Waals surface area contributed by atoms with Gasteiger partial charge in [0, 0.05) is 55.0 Å². The average molecular weight is 307 g/mol.